The standard InChI is InChI=1S/C17H19NO3S/c1-4-20-14-9-7-6-8-13(14)11-18-15-10-12(3)16(22-15)17(19)21-5-2/h6-11H,4-5H2,1-3H3. The molecular formula is C17H19NO3S. The lowest BCUT2D eigenvalue weighted by Crippen LogP contribution is -2.03. The van der Waals surface area contributed by atoms with E-state index in [1.807, 2.05) is 44.2 Å². The molecule has 0 saturated heterocycles. The highest BCUT2D eigenvalue weighted by Gasteiger charge is 2.14. The summed E-state index contributed by atoms with van der Waals surface area (Å²) in [5.41, 5.74) is 1.79. The van der Waals surface area contributed by atoms with Gasteiger partial charge in [0.2, 0.25) is 0 Å². The highest BCUT2D eigenvalue weighted by atomic mass is 32.1. The van der Waals surface area contributed by atoms with E-state index in [2.05, 4.69) is 4.99 Å². The summed E-state index contributed by atoms with van der Waals surface area (Å²) in [6, 6.07) is 9.61. The summed E-state index contributed by atoms with van der Waals surface area (Å²) in [5.74, 6) is 0.508. The largest absolute Gasteiger partial charge is 0.493 e. The van der Waals surface area contributed by atoms with Crippen LogP contribution < -0.4 is 4.74 Å². The highest BCUT2D eigenvalue weighted by molar-refractivity contribution is 7.17. The molecule has 22 heavy (non-hydrogen) atoms. The SMILES string of the molecule is CCOC(=O)c1sc(N=Cc2ccccc2OCC)cc1C. The van der Waals surface area contributed by atoms with Crippen LogP contribution in [0.5, 0.6) is 5.75 Å². The molecule has 0 aliphatic heterocycles. The van der Waals surface area contributed by atoms with Gasteiger partial charge in [-0.05, 0) is 44.5 Å². The molecule has 2 aromatic rings. The van der Waals surface area contributed by atoms with Gasteiger partial charge in [0.25, 0.3) is 0 Å². The molecule has 2 rings (SSSR count). The van der Waals surface area contributed by atoms with E-state index in [4.69, 9.17) is 9.47 Å². The first-order valence-electron chi connectivity index (χ1n) is 7.19. The van der Waals surface area contributed by atoms with Crippen molar-refractivity contribution in [3.8, 4) is 5.75 Å². The molecule has 0 bridgehead atoms. The van der Waals surface area contributed by atoms with Gasteiger partial charge in [0, 0.05) is 11.8 Å². The molecule has 0 spiro atoms. The number of nitrogens with zero attached hydrogens (tertiary/aromatic N) is 1. The Kier molecular flexibility index (Phi) is 5.72. The molecule has 0 aliphatic rings. The van der Waals surface area contributed by atoms with Crippen LogP contribution in [0.15, 0.2) is 35.3 Å². The van der Waals surface area contributed by atoms with Crippen molar-refractivity contribution in [2.75, 3.05) is 13.2 Å². The molecule has 0 unspecified atom stereocenters. The molecule has 0 saturated carbocycles. The molecule has 0 atom stereocenters. The topological polar surface area (TPSA) is 47.9 Å². The van der Waals surface area contributed by atoms with Crippen LogP contribution in [0.25, 0.3) is 0 Å². The second kappa shape index (κ2) is 7.75. The Morgan fingerprint density at radius 2 is 2.05 bits per heavy atom. The van der Waals surface area contributed by atoms with Crippen LogP contribution in [0.1, 0.15) is 34.6 Å². The van der Waals surface area contributed by atoms with Crippen molar-refractivity contribution in [2.24, 2.45) is 4.99 Å². The van der Waals surface area contributed by atoms with Crippen molar-refractivity contribution in [3.05, 3.63) is 46.3 Å². The number of ether oxygens (including phenoxy) is 2. The van der Waals surface area contributed by atoms with Crippen LogP contribution in [0.4, 0.5) is 5.00 Å². The Morgan fingerprint density at radius 3 is 2.77 bits per heavy atom. The van der Waals surface area contributed by atoms with Crippen molar-refractivity contribution in [2.45, 2.75) is 20.8 Å². The highest BCUT2D eigenvalue weighted by Crippen LogP contribution is 2.30. The maximum atomic E-state index is 11.8. The van der Waals surface area contributed by atoms with Gasteiger partial charge in [0.15, 0.2) is 0 Å². The van der Waals surface area contributed by atoms with Crippen molar-refractivity contribution < 1.29 is 14.3 Å². The van der Waals surface area contributed by atoms with E-state index in [1.54, 1.807) is 13.1 Å². The summed E-state index contributed by atoms with van der Waals surface area (Å²) in [4.78, 5) is 16.9. The Bertz CT molecular complexity index is 676. The van der Waals surface area contributed by atoms with E-state index in [9.17, 15) is 4.79 Å². The fraction of sp³-hybridized carbons (Fsp3) is 0.294. The molecule has 1 aromatic heterocycles. The third-order valence-corrected chi connectivity index (χ3v) is 4.04. The molecular weight excluding hydrogens is 298 g/mol. The molecule has 0 amide bonds. The summed E-state index contributed by atoms with van der Waals surface area (Å²) < 4.78 is 10.6. The van der Waals surface area contributed by atoms with Gasteiger partial charge in [-0.1, -0.05) is 12.1 Å². The average Bonchev–Trinajstić information content (AvgIpc) is 2.88. The van der Waals surface area contributed by atoms with Gasteiger partial charge in [-0.3, -0.25) is 0 Å². The smallest absolute Gasteiger partial charge is 0.348 e. The van der Waals surface area contributed by atoms with Crippen LogP contribution in [0.3, 0.4) is 0 Å². The fourth-order valence-corrected chi connectivity index (χ4v) is 2.85. The Balaban J connectivity index is 2.21. The van der Waals surface area contributed by atoms with Crippen molar-refractivity contribution in [1.29, 1.82) is 0 Å². The van der Waals surface area contributed by atoms with Gasteiger partial charge >= 0.3 is 5.97 Å². The number of rotatable bonds is 6. The van der Waals surface area contributed by atoms with Crippen LogP contribution >= 0.6 is 11.3 Å². The van der Waals surface area contributed by atoms with E-state index in [0.717, 1.165) is 21.9 Å². The van der Waals surface area contributed by atoms with Gasteiger partial charge in [0.1, 0.15) is 15.6 Å². The van der Waals surface area contributed by atoms with Gasteiger partial charge in [0.05, 0.1) is 13.2 Å². The normalized spacial score (nSPS) is 10.9. The number of aryl methyl sites for hydroxylation is 1. The van der Waals surface area contributed by atoms with E-state index < -0.39 is 0 Å². The summed E-state index contributed by atoms with van der Waals surface area (Å²) in [7, 11) is 0. The molecule has 116 valence electrons. The number of carbonyl (C=O) groups is 1. The number of hydrogen-bond acceptors (Lipinski definition) is 5. The number of para-hydroxylation sites is 1. The lowest BCUT2D eigenvalue weighted by molar-refractivity contribution is 0.0531. The van der Waals surface area contributed by atoms with Gasteiger partial charge in [-0.25, -0.2) is 9.79 Å². The van der Waals surface area contributed by atoms with E-state index in [1.165, 1.54) is 11.3 Å². The first kappa shape index (κ1) is 16.2. The first-order chi connectivity index (χ1) is 10.7. The predicted octanol–water partition coefficient (Wildman–Crippen LogP) is 4.38. The third-order valence-electron chi connectivity index (χ3n) is 2.92. The zero-order chi connectivity index (χ0) is 15.9. The monoisotopic (exact) mass is 317 g/mol. The third kappa shape index (κ3) is 3.95. The zero-order valence-electron chi connectivity index (χ0n) is 13.0. The number of esters is 1. The first-order valence-corrected chi connectivity index (χ1v) is 8.00. The molecule has 5 heteroatoms. The Hall–Kier alpha value is -2.14. The predicted molar refractivity (Wildman–Crippen MR) is 89.9 cm³/mol. The molecule has 0 radical (unpaired) electrons. The summed E-state index contributed by atoms with van der Waals surface area (Å²) in [5, 5.41) is 0.770. The molecule has 1 aromatic carbocycles. The minimum atomic E-state index is -0.291. The van der Waals surface area contributed by atoms with Crippen molar-refractivity contribution in [1.82, 2.24) is 0 Å². The average molecular weight is 317 g/mol. The molecule has 0 aliphatic carbocycles. The van der Waals surface area contributed by atoms with Gasteiger partial charge in [-0.15, -0.1) is 11.3 Å². The van der Waals surface area contributed by atoms with E-state index >= 15 is 0 Å². The van der Waals surface area contributed by atoms with Crippen LogP contribution in [-0.4, -0.2) is 25.4 Å². The summed E-state index contributed by atoms with van der Waals surface area (Å²) >= 11 is 1.33. The van der Waals surface area contributed by atoms with Crippen LogP contribution in [0.2, 0.25) is 0 Å². The lowest BCUT2D eigenvalue weighted by Gasteiger charge is -2.05. The zero-order valence-corrected chi connectivity index (χ0v) is 13.8. The molecule has 0 N–H and O–H groups in total. The number of thiophene rings is 1. The lowest BCUT2D eigenvalue weighted by atomic mass is 10.2. The second-order valence-corrected chi connectivity index (χ2v) is 5.58. The summed E-state index contributed by atoms with van der Waals surface area (Å²) in [6.45, 7) is 6.61. The minimum Gasteiger partial charge on any atom is -0.493 e. The van der Waals surface area contributed by atoms with Crippen molar-refractivity contribution in [3.63, 3.8) is 0 Å². The van der Waals surface area contributed by atoms with Crippen LogP contribution in [-0.2, 0) is 4.74 Å². The van der Waals surface area contributed by atoms with E-state index in [0.29, 0.717) is 18.1 Å². The second-order valence-electron chi connectivity index (χ2n) is 4.55. The number of aliphatic imine (C=N–C) groups is 1. The number of hydrogen-bond donors (Lipinski definition) is 0. The fourth-order valence-electron chi connectivity index (χ4n) is 1.94. The minimum absolute atomic E-state index is 0.291. The molecule has 4 nitrogen and oxygen atoms in total. The van der Waals surface area contributed by atoms with Crippen LogP contribution in [0, 0.1) is 6.92 Å². The van der Waals surface area contributed by atoms with E-state index in [-0.39, 0.29) is 5.97 Å². The Labute approximate surface area is 134 Å². The summed E-state index contributed by atoms with van der Waals surface area (Å²) in [6.07, 6.45) is 1.76. The van der Waals surface area contributed by atoms with Crippen molar-refractivity contribution >= 4 is 28.5 Å². The Morgan fingerprint density at radius 1 is 1.27 bits per heavy atom. The number of benzene rings is 1. The number of carbonyl (C=O) groups excluding carboxylic acids is 1. The van der Waals surface area contributed by atoms with Gasteiger partial charge < -0.3 is 9.47 Å². The molecule has 0 fully saturated rings. The molecule has 1 heterocycles. The maximum absolute atomic E-state index is 11.8. The maximum Gasteiger partial charge on any atom is 0.348 e. The van der Waals surface area contributed by atoms with Gasteiger partial charge in [-0.2, -0.15) is 0 Å². The quantitative estimate of drug-likeness (QED) is 0.586.